The molecule has 2 aromatic carbocycles. The van der Waals surface area contributed by atoms with Gasteiger partial charge in [-0.15, -0.1) is 0 Å². The van der Waals surface area contributed by atoms with Gasteiger partial charge in [0.25, 0.3) is 0 Å². The van der Waals surface area contributed by atoms with Gasteiger partial charge in [0.15, 0.2) is 0 Å². The number of halogens is 1. The van der Waals surface area contributed by atoms with Crippen LogP contribution < -0.4 is 15.1 Å². The van der Waals surface area contributed by atoms with Crippen molar-refractivity contribution in [3.63, 3.8) is 0 Å². The number of amides is 2. The molecule has 10 heteroatoms. The zero-order valence-corrected chi connectivity index (χ0v) is 19.5. The van der Waals surface area contributed by atoms with Crippen LogP contribution in [0.15, 0.2) is 47.4 Å². The van der Waals surface area contributed by atoms with Crippen LogP contribution in [0, 0.1) is 0 Å². The van der Waals surface area contributed by atoms with Gasteiger partial charge >= 0.3 is 0 Å². The maximum atomic E-state index is 13.4. The Balaban J connectivity index is 1.72. The summed E-state index contributed by atoms with van der Waals surface area (Å²) in [6.45, 7) is 0.468. The Kier molecular flexibility index (Phi) is 6.15. The van der Waals surface area contributed by atoms with Crippen molar-refractivity contribution in [3.05, 3.63) is 47.5 Å². The number of sulfonamides is 1. The highest BCUT2D eigenvalue weighted by molar-refractivity contribution is 7.89. The average Bonchev–Trinajstić information content (AvgIpc) is 2.77. The van der Waals surface area contributed by atoms with Gasteiger partial charge in [0.1, 0.15) is 12.6 Å². The normalized spacial score (nSPS) is 18.4. The van der Waals surface area contributed by atoms with E-state index in [1.165, 1.54) is 25.1 Å². The second kappa shape index (κ2) is 8.73. The van der Waals surface area contributed by atoms with Crippen molar-refractivity contribution in [1.82, 2.24) is 4.31 Å². The van der Waals surface area contributed by atoms with E-state index in [4.69, 9.17) is 11.6 Å². The van der Waals surface area contributed by atoms with Crippen molar-refractivity contribution in [2.24, 2.45) is 0 Å². The first-order valence-corrected chi connectivity index (χ1v) is 12.2. The molecule has 1 unspecified atom stereocenters. The summed E-state index contributed by atoms with van der Waals surface area (Å²) >= 11 is 6.14. The van der Waals surface area contributed by atoms with Gasteiger partial charge in [0, 0.05) is 20.6 Å². The largest absolute Gasteiger partial charge is 0.358 e. The van der Waals surface area contributed by atoms with E-state index in [9.17, 15) is 18.0 Å². The summed E-state index contributed by atoms with van der Waals surface area (Å²) in [7, 11) is -0.797. The Morgan fingerprint density at radius 1 is 1.16 bits per heavy atom. The number of hydrogen-bond donors (Lipinski definition) is 1. The molecule has 1 N–H and O–H groups in total. The summed E-state index contributed by atoms with van der Waals surface area (Å²) in [4.78, 5) is 29.7. The summed E-state index contributed by atoms with van der Waals surface area (Å²) in [5.74, 6) is -0.617. The van der Waals surface area contributed by atoms with Gasteiger partial charge < -0.3 is 10.2 Å². The Labute approximate surface area is 192 Å². The lowest BCUT2D eigenvalue weighted by molar-refractivity contribution is -0.123. The van der Waals surface area contributed by atoms with E-state index < -0.39 is 15.9 Å². The van der Waals surface area contributed by atoms with E-state index >= 15 is 0 Å². The molecular formula is C22H25ClN4O4S. The van der Waals surface area contributed by atoms with Crippen molar-refractivity contribution in [2.45, 2.75) is 30.2 Å². The van der Waals surface area contributed by atoms with Gasteiger partial charge in [-0.2, -0.15) is 0 Å². The molecule has 2 amide bonds. The van der Waals surface area contributed by atoms with Crippen LogP contribution in [0.2, 0.25) is 5.02 Å². The van der Waals surface area contributed by atoms with Gasteiger partial charge in [-0.3, -0.25) is 14.5 Å². The van der Waals surface area contributed by atoms with Crippen LogP contribution in [-0.4, -0.2) is 57.8 Å². The van der Waals surface area contributed by atoms with E-state index in [1.54, 1.807) is 36.4 Å². The third-order valence-electron chi connectivity index (χ3n) is 5.83. The highest BCUT2D eigenvalue weighted by Crippen LogP contribution is 2.41. The van der Waals surface area contributed by atoms with Crippen LogP contribution in [0.25, 0.3) is 0 Å². The number of benzene rings is 2. The lowest BCUT2D eigenvalue weighted by Crippen LogP contribution is -2.56. The smallest absolute Gasteiger partial charge is 0.250 e. The molecule has 0 spiro atoms. The second-order valence-electron chi connectivity index (χ2n) is 8.10. The first-order valence-electron chi connectivity index (χ1n) is 10.4. The van der Waals surface area contributed by atoms with E-state index in [0.717, 1.165) is 22.8 Å². The van der Waals surface area contributed by atoms with E-state index in [2.05, 4.69) is 5.32 Å². The number of fused-ring (bicyclic) bond motifs is 3. The molecular weight excluding hydrogens is 452 g/mol. The molecule has 0 aromatic heterocycles. The lowest BCUT2D eigenvalue weighted by Gasteiger charge is -2.45. The zero-order valence-electron chi connectivity index (χ0n) is 17.9. The fourth-order valence-corrected chi connectivity index (χ4v) is 5.27. The highest BCUT2D eigenvalue weighted by atomic mass is 35.5. The summed E-state index contributed by atoms with van der Waals surface area (Å²) in [6, 6.07) is 11.3. The van der Waals surface area contributed by atoms with Gasteiger partial charge in [0.2, 0.25) is 21.8 Å². The molecule has 1 atom stereocenters. The predicted molar refractivity (Wildman–Crippen MR) is 125 cm³/mol. The van der Waals surface area contributed by atoms with Gasteiger partial charge in [0.05, 0.1) is 27.0 Å². The molecule has 2 aliphatic heterocycles. The zero-order chi connectivity index (χ0) is 23.0. The van der Waals surface area contributed by atoms with Gasteiger partial charge in [-0.05, 0) is 49.6 Å². The number of anilines is 3. The summed E-state index contributed by atoms with van der Waals surface area (Å²) < 4.78 is 26.5. The highest BCUT2D eigenvalue weighted by Gasteiger charge is 2.40. The minimum Gasteiger partial charge on any atom is -0.358 e. The van der Waals surface area contributed by atoms with E-state index in [1.807, 2.05) is 4.90 Å². The lowest BCUT2D eigenvalue weighted by atomic mass is 9.96. The Hall–Kier alpha value is -2.62. The first-order chi connectivity index (χ1) is 15.2. The number of carbonyl (C=O) groups excluding carboxylic acids is 2. The van der Waals surface area contributed by atoms with Gasteiger partial charge in [-0.25, -0.2) is 12.7 Å². The number of nitrogens with one attached hydrogen (secondary N) is 1. The number of carbonyl (C=O) groups is 2. The Morgan fingerprint density at radius 3 is 2.62 bits per heavy atom. The molecule has 0 bridgehead atoms. The topological polar surface area (TPSA) is 90.0 Å². The van der Waals surface area contributed by atoms with Crippen molar-refractivity contribution >= 4 is 50.5 Å². The summed E-state index contributed by atoms with van der Waals surface area (Å²) in [6.07, 6.45) is 2.57. The predicted octanol–water partition coefficient (Wildman–Crippen LogP) is 2.93. The number of piperidine rings is 1. The quantitative estimate of drug-likeness (QED) is 0.716. The van der Waals surface area contributed by atoms with Crippen LogP contribution in [0.1, 0.15) is 19.3 Å². The number of para-hydroxylation sites is 1. The van der Waals surface area contributed by atoms with Crippen LogP contribution in [0.5, 0.6) is 0 Å². The van der Waals surface area contributed by atoms with Crippen LogP contribution in [0.3, 0.4) is 0 Å². The molecule has 0 aliphatic carbocycles. The molecule has 1 saturated heterocycles. The van der Waals surface area contributed by atoms with Crippen LogP contribution in [-0.2, 0) is 19.6 Å². The first kappa shape index (κ1) is 22.6. The monoisotopic (exact) mass is 476 g/mol. The van der Waals surface area contributed by atoms with Crippen molar-refractivity contribution < 1.29 is 18.0 Å². The van der Waals surface area contributed by atoms with Crippen molar-refractivity contribution in [1.29, 1.82) is 0 Å². The molecule has 4 rings (SSSR count). The SMILES string of the molecule is CN(C)S(=O)(=O)c1ccc2c(c1)N(CC(=O)Nc1ccccc1Cl)C(=O)C1CCCCN21. The van der Waals surface area contributed by atoms with E-state index in [-0.39, 0.29) is 23.4 Å². The molecule has 0 saturated carbocycles. The molecule has 2 aliphatic rings. The van der Waals surface area contributed by atoms with Crippen molar-refractivity contribution in [3.8, 4) is 0 Å². The minimum absolute atomic E-state index is 0.0704. The van der Waals surface area contributed by atoms with Crippen LogP contribution >= 0.6 is 11.6 Å². The van der Waals surface area contributed by atoms with E-state index in [0.29, 0.717) is 29.4 Å². The fraction of sp³-hybridized carbons (Fsp3) is 0.364. The fourth-order valence-electron chi connectivity index (χ4n) is 4.17. The molecule has 0 radical (unpaired) electrons. The molecule has 1 fully saturated rings. The maximum Gasteiger partial charge on any atom is 0.250 e. The molecule has 2 aromatic rings. The molecule has 170 valence electrons. The standard InChI is InChI=1S/C22H25ClN4O4S/c1-25(2)32(30,31)15-10-11-18-20(13-15)27(22(29)19-9-5-6-12-26(18)19)14-21(28)24-17-8-4-3-7-16(17)23/h3-4,7-8,10-11,13,19H,5-6,9,12,14H2,1-2H3,(H,24,28). The Bertz CT molecular complexity index is 1170. The van der Waals surface area contributed by atoms with Crippen molar-refractivity contribution in [2.75, 3.05) is 42.3 Å². The molecule has 32 heavy (non-hydrogen) atoms. The molecule has 2 heterocycles. The third kappa shape index (κ3) is 4.07. The number of rotatable bonds is 5. The molecule has 8 nitrogen and oxygen atoms in total. The average molecular weight is 477 g/mol. The van der Waals surface area contributed by atoms with Crippen LogP contribution in [0.4, 0.5) is 17.1 Å². The summed E-state index contributed by atoms with van der Waals surface area (Å²) in [5, 5.41) is 3.13. The van der Waals surface area contributed by atoms with Gasteiger partial charge in [-0.1, -0.05) is 23.7 Å². The summed E-state index contributed by atoms with van der Waals surface area (Å²) in [5.41, 5.74) is 1.63. The number of hydrogen-bond acceptors (Lipinski definition) is 5. The minimum atomic E-state index is -3.70. The Morgan fingerprint density at radius 2 is 1.91 bits per heavy atom. The third-order valence-corrected chi connectivity index (χ3v) is 7.97. The number of nitrogens with zero attached hydrogens (tertiary/aromatic N) is 3. The second-order valence-corrected chi connectivity index (χ2v) is 10.7. The maximum absolute atomic E-state index is 13.4.